The molecule has 0 radical (unpaired) electrons. The zero-order chi connectivity index (χ0) is 14.2. The molecule has 1 fully saturated rings. The zero-order valence-electron chi connectivity index (χ0n) is 11.5. The number of nitrogens with zero attached hydrogens (tertiary/aromatic N) is 1. The third-order valence-corrected chi connectivity index (χ3v) is 5.50. The Morgan fingerprint density at radius 3 is 2.86 bits per heavy atom. The number of ether oxygens (including phenoxy) is 2. The van der Waals surface area contributed by atoms with Gasteiger partial charge in [-0.25, -0.2) is 0 Å². The van der Waals surface area contributed by atoms with Gasteiger partial charge >= 0.3 is 0 Å². The minimum absolute atomic E-state index is 0.116. The van der Waals surface area contributed by atoms with Crippen LogP contribution in [0.2, 0.25) is 0 Å². The van der Waals surface area contributed by atoms with E-state index in [1.165, 1.54) is 0 Å². The molecule has 110 valence electrons. The van der Waals surface area contributed by atoms with Gasteiger partial charge < -0.3 is 19.7 Å². The number of benzene rings is 1. The molecule has 1 aliphatic carbocycles. The summed E-state index contributed by atoms with van der Waals surface area (Å²) in [6.07, 6.45) is 4.61. The number of aliphatic hydroxyl groups is 2. The van der Waals surface area contributed by atoms with Gasteiger partial charge in [-0.3, -0.25) is 4.90 Å². The van der Waals surface area contributed by atoms with E-state index in [0.29, 0.717) is 12.2 Å². The molecule has 2 N–H and O–H groups in total. The van der Waals surface area contributed by atoms with Crippen LogP contribution in [-0.2, 0) is 5.41 Å². The molecule has 5 atom stereocenters. The Labute approximate surface area is 122 Å². The molecule has 5 nitrogen and oxygen atoms in total. The first-order chi connectivity index (χ1) is 10.2. The van der Waals surface area contributed by atoms with Crippen molar-refractivity contribution in [3.8, 4) is 11.5 Å². The van der Waals surface area contributed by atoms with Crippen molar-refractivity contribution in [2.24, 2.45) is 0 Å². The number of rotatable bonds is 0. The molecule has 1 aromatic rings. The van der Waals surface area contributed by atoms with Crippen molar-refractivity contribution >= 4 is 0 Å². The first-order valence-corrected chi connectivity index (χ1v) is 7.44. The summed E-state index contributed by atoms with van der Waals surface area (Å²) in [6, 6.07) is 4.09. The summed E-state index contributed by atoms with van der Waals surface area (Å²) in [5, 5.41) is 20.7. The van der Waals surface area contributed by atoms with E-state index in [1.54, 1.807) is 0 Å². The van der Waals surface area contributed by atoms with Crippen LogP contribution in [0, 0.1) is 0 Å². The Hall–Kier alpha value is -1.56. The Bertz CT molecular complexity index is 658. The molecule has 21 heavy (non-hydrogen) atoms. The lowest BCUT2D eigenvalue weighted by atomic mass is 9.66. The maximum Gasteiger partial charge on any atom is 0.231 e. The molecule has 0 aromatic heterocycles. The van der Waals surface area contributed by atoms with Gasteiger partial charge in [0.15, 0.2) is 11.5 Å². The predicted molar refractivity (Wildman–Crippen MR) is 74.1 cm³/mol. The normalized spacial score (nSPS) is 41.8. The minimum atomic E-state index is -0.631. The summed E-state index contributed by atoms with van der Waals surface area (Å²) in [6.45, 7) is 1.08. The highest BCUT2D eigenvalue weighted by atomic mass is 16.7. The molecule has 3 unspecified atom stereocenters. The molecule has 0 amide bonds. The van der Waals surface area contributed by atoms with E-state index < -0.39 is 12.3 Å². The maximum atomic E-state index is 10.7. The highest BCUT2D eigenvalue weighted by Gasteiger charge is 2.56. The van der Waals surface area contributed by atoms with Crippen molar-refractivity contribution in [3.05, 3.63) is 35.4 Å². The highest BCUT2D eigenvalue weighted by molar-refractivity contribution is 5.56. The van der Waals surface area contributed by atoms with E-state index in [1.807, 2.05) is 18.2 Å². The van der Waals surface area contributed by atoms with Crippen LogP contribution < -0.4 is 9.47 Å². The van der Waals surface area contributed by atoms with E-state index in [2.05, 4.69) is 11.0 Å². The van der Waals surface area contributed by atoms with Crippen molar-refractivity contribution in [2.75, 3.05) is 13.3 Å². The lowest BCUT2D eigenvalue weighted by molar-refractivity contribution is -0.0364. The van der Waals surface area contributed by atoms with Crippen LogP contribution in [0.3, 0.4) is 0 Å². The fourth-order valence-corrected chi connectivity index (χ4v) is 4.51. The molecule has 5 rings (SSSR count). The van der Waals surface area contributed by atoms with Crippen LogP contribution >= 0.6 is 0 Å². The van der Waals surface area contributed by atoms with E-state index in [9.17, 15) is 10.2 Å². The lowest BCUT2D eigenvalue weighted by Gasteiger charge is -2.47. The van der Waals surface area contributed by atoms with Gasteiger partial charge in [-0.15, -0.1) is 0 Å². The molecule has 3 heterocycles. The van der Waals surface area contributed by atoms with Gasteiger partial charge in [0.1, 0.15) is 6.23 Å². The summed E-state index contributed by atoms with van der Waals surface area (Å²) in [4.78, 5) is 2.11. The zero-order valence-corrected chi connectivity index (χ0v) is 11.5. The summed E-state index contributed by atoms with van der Waals surface area (Å²) in [5.41, 5.74) is 1.92. The maximum absolute atomic E-state index is 10.7. The SMILES string of the molecule is OC1C=C[C@@]23CCN(C(O)c4cc5c(cc42)OCO5)[C@@H]3C1. The number of hydrogen-bond acceptors (Lipinski definition) is 5. The Morgan fingerprint density at radius 1 is 1.19 bits per heavy atom. The third kappa shape index (κ3) is 1.36. The predicted octanol–water partition coefficient (Wildman–Crippen LogP) is 1.05. The third-order valence-electron chi connectivity index (χ3n) is 5.50. The summed E-state index contributed by atoms with van der Waals surface area (Å²) < 4.78 is 11.0. The molecule has 4 aliphatic rings. The largest absolute Gasteiger partial charge is 0.454 e. The van der Waals surface area contributed by atoms with Crippen molar-refractivity contribution in [1.82, 2.24) is 4.90 Å². The van der Waals surface area contributed by atoms with Crippen molar-refractivity contribution < 1.29 is 19.7 Å². The number of aliphatic hydroxyl groups excluding tert-OH is 2. The number of fused-ring (bicyclic) bond motifs is 2. The van der Waals surface area contributed by atoms with Gasteiger partial charge in [0, 0.05) is 23.6 Å². The van der Waals surface area contributed by atoms with Gasteiger partial charge in [-0.1, -0.05) is 12.2 Å². The summed E-state index contributed by atoms with van der Waals surface area (Å²) in [7, 11) is 0. The first kappa shape index (κ1) is 12.0. The lowest BCUT2D eigenvalue weighted by Crippen LogP contribution is -2.51. The van der Waals surface area contributed by atoms with Gasteiger partial charge in [-0.05, 0) is 30.5 Å². The highest BCUT2D eigenvalue weighted by Crippen LogP contribution is 2.56. The van der Waals surface area contributed by atoms with Crippen LogP contribution in [0.1, 0.15) is 30.2 Å². The van der Waals surface area contributed by atoms with Crippen molar-refractivity contribution in [3.63, 3.8) is 0 Å². The number of hydrogen-bond donors (Lipinski definition) is 2. The van der Waals surface area contributed by atoms with Gasteiger partial charge in [0.05, 0.1) is 6.10 Å². The molecular weight excluding hydrogens is 270 g/mol. The van der Waals surface area contributed by atoms with Crippen LogP contribution in [-0.4, -0.2) is 40.6 Å². The van der Waals surface area contributed by atoms with E-state index in [0.717, 1.165) is 29.8 Å². The Morgan fingerprint density at radius 2 is 2.00 bits per heavy atom. The molecule has 3 aliphatic heterocycles. The van der Waals surface area contributed by atoms with Crippen molar-refractivity contribution in [1.29, 1.82) is 0 Å². The van der Waals surface area contributed by atoms with Crippen LogP contribution in [0.5, 0.6) is 11.5 Å². The molecule has 0 spiro atoms. The monoisotopic (exact) mass is 287 g/mol. The molecule has 1 aromatic carbocycles. The smallest absolute Gasteiger partial charge is 0.231 e. The summed E-state index contributed by atoms with van der Waals surface area (Å²) >= 11 is 0. The fraction of sp³-hybridized carbons (Fsp3) is 0.500. The molecule has 5 heteroatoms. The van der Waals surface area contributed by atoms with E-state index in [4.69, 9.17) is 9.47 Å². The Kier molecular flexibility index (Phi) is 2.17. The average molecular weight is 287 g/mol. The van der Waals surface area contributed by atoms with E-state index >= 15 is 0 Å². The second-order valence-corrected chi connectivity index (χ2v) is 6.37. The minimum Gasteiger partial charge on any atom is -0.454 e. The van der Waals surface area contributed by atoms with E-state index in [-0.39, 0.29) is 18.2 Å². The molecule has 1 saturated heterocycles. The average Bonchev–Trinajstić information content (AvgIpc) is 3.06. The second kappa shape index (κ2) is 3.80. The summed E-state index contributed by atoms with van der Waals surface area (Å²) in [5.74, 6) is 1.47. The van der Waals surface area contributed by atoms with Gasteiger partial charge in [0.2, 0.25) is 6.79 Å². The quantitative estimate of drug-likeness (QED) is 0.699. The fourth-order valence-electron chi connectivity index (χ4n) is 4.51. The molecule has 0 saturated carbocycles. The first-order valence-electron chi connectivity index (χ1n) is 7.44. The topological polar surface area (TPSA) is 62.2 Å². The van der Waals surface area contributed by atoms with Crippen LogP contribution in [0.4, 0.5) is 0 Å². The molecular formula is C16H17NO4. The van der Waals surface area contributed by atoms with Gasteiger partial charge in [0.25, 0.3) is 0 Å². The second-order valence-electron chi connectivity index (χ2n) is 6.37. The van der Waals surface area contributed by atoms with Crippen molar-refractivity contribution in [2.45, 2.75) is 36.6 Å². The molecule has 2 bridgehead atoms. The van der Waals surface area contributed by atoms with Crippen LogP contribution in [0.15, 0.2) is 24.3 Å². The standard InChI is InChI=1S/C16H17NO4/c18-9-1-2-16-3-4-17(14(16)5-9)15(19)10-6-12-13(7-11(10)16)21-8-20-12/h1-2,6-7,9,14-15,18-19H,3-5,8H2/t9?,14-,15?,16-/m1/s1. The van der Waals surface area contributed by atoms with Crippen LogP contribution in [0.25, 0.3) is 0 Å². The van der Waals surface area contributed by atoms with Gasteiger partial charge in [-0.2, -0.15) is 0 Å². The Balaban J connectivity index is 1.77.